The fourth-order valence-corrected chi connectivity index (χ4v) is 2.27. The highest BCUT2D eigenvalue weighted by Gasteiger charge is 2.21. The first-order chi connectivity index (χ1) is 6.64. The number of sulfonamides is 1. The fourth-order valence-electron chi connectivity index (χ4n) is 1.28. The Morgan fingerprint density at radius 3 is 2.57 bits per heavy atom. The summed E-state index contributed by atoms with van der Waals surface area (Å²) in [5, 5.41) is 3.00. The lowest BCUT2D eigenvalue weighted by molar-refractivity contribution is 0.571. The maximum atomic E-state index is 11.4. The summed E-state index contributed by atoms with van der Waals surface area (Å²) in [7, 11) is -3.03. The summed E-state index contributed by atoms with van der Waals surface area (Å²) in [6, 6.07) is 0. The number of nitrogens with one attached hydrogen (secondary N) is 2. The van der Waals surface area contributed by atoms with Gasteiger partial charge in [-0.25, -0.2) is 13.1 Å². The van der Waals surface area contributed by atoms with Gasteiger partial charge in [0.25, 0.3) is 0 Å². The summed E-state index contributed by atoms with van der Waals surface area (Å²) in [4.78, 5) is 0. The highest BCUT2D eigenvalue weighted by molar-refractivity contribution is 7.89. The van der Waals surface area contributed by atoms with Crippen molar-refractivity contribution in [1.82, 2.24) is 10.0 Å². The summed E-state index contributed by atoms with van der Waals surface area (Å²) < 4.78 is 25.3. The summed E-state index contributed by atoms with van der Waals surface area (Å²) in [6.45, 7) is 3.93. The fraction of sp³-hybridized carbons (Fsp3) is 1.00. The molecule has 1 rings (SSSR count). The molecule has 14 heavy (non-hydrogen) atoms. The van der Waals surface area contributed by atoms with Gasteiger partial charge in [0.2, 0.25) is 10.0 Å². The topological polar surface area (TPSA) is 58.2 Å². The van der Waals surface area contributed by atoms with Crippen molar-refractivity contribution in [2.24, 2.45) is 5.92 Å². The first-order valence-electron chi connectivity index (χ1n) is 5.32. The molecule has 0 atom stereocenters. The highest BCUT2D eigenvalue weighted by atomic mass is 32.2. The van der Waals surface area contributed by atoms with Gasteiger partial charge in [-0.3, -0.25) is 0 Å². The van der Waals surface area contributed by atoms with Gasteiger partial charge in [-0.2, -0.15) is 0 Å². The van der Waals surface area contributed by atoms with Crippen LogP contribution in [0.3, 0.4) is 0 Å². The molecule has 0 bridgehead atoms. The second-order valence-corrected chi connectivity index (χ2v) is 5.73. The van der Waals surface area contributed by atoms with Gasteiger partial charge in [0, 0.05) is 13.1 Å². The molecule has 0 aromatic carbocycles. The smallest absolute Gasteiger partial charge is 0.212 e. The largest absolute Gasteiger partial charge is 0.316 e. The van der Waals surface area contributed by atoms with Crippen molar-refractivity contribution >= 4 is 10.0 Å². The Balaban J connectivity index is 2.06. The second-order valence-electron chi connectivity index (χ2n) is 3.80. The van der Waals surface area contributed by atoms with Crippen molar-refractivity contribution in [3.63, 3.8) is 0 Å². The van der Waals surface area contributed by atoms with Gasteiger partial charge in [0.05, 0.1) is 5.75 Å². The minimum atomic E-state index is -3.03. The Morgan fingerprint density at radius 2 is 2.00 bits per heavy atom. The second kappa shape index (κ2) is 5.68. The summed E-state index contributed by atoms with van der Waals surface area (Å²) in [5.41, 5.74) is 0. The molecule has 0 aliphatic heterocycles. The minimum absolute atomic E-state index is 0.186. The zero-order valence-electron chi connectivity index (χ0n) is 8.75. The third-order valence-electron chi connectivity index (χ3n) is 2.37. The maximum Gasteiger partial charge on any atom is 0.212 e. The molecule has 1 saturated carbocycles. The van der Waals surface area contributed by atoms with Crippen molar-refractivity contribution in [2.75, 3.05) is 25.4 Å². The molecule has 1 aliphatic rings. The van der Waals surface area contributed by atoms with E-state index >= 15 is 0 Å². The highest BCUT2D eigenvalue weighted by Crippen LogP contribution is 2.31. The molecule has 5 heteroatoms. The van der Waals surface area contributed by atoms with E-state index in [1.54, 1.807) is 0 Å². The molecule has 0 amide bonds. The molecule has 0 saturated heterocycles. The van der Waals surface area contributed by atoms with Gasteiger partial charge in [0.15, 0.2) is 0 Å². The standard InChI is InChI=1S/C9H20N2O2S/c1-2-10-7-8-14(12,13)11-6-5-9-3-4-9/h9-11H,2-8H2,1H3. The molecule has 0 unspecified atom stereocenters. The predicted octanol–water partition coefficient (Wildman–Crippen LogP) is 0.315. The predicted molar refractivity (Wildman–Crippen MR) is 57.7 cm³/mol. The summed E-state index contributed by atoms with van der Waals surface area (Å²) in [5.74, 6) is 0.970. The molecule has 0 aromatic heterocycles. The minimum Gasteiger partial charge on any atom is -0.316 e. The summed E-state index contributed by atoms with van der Waals surface area (Å²) in [6.07, 6.45) is 3.55. The van der Waals surface area contributed by atoms with Crippen LogP contribution in [0.1, 0.15) is 26.2 Å². The van der Waals surface area contributed by atoms with E-state index in [0.29, 0.717) is 13.1 Å². The van der Waals surface area contributed by atoms with E-state index < -0.39 is 10.0 Å². The third kappa shape index (κ3) is 5.57. The first-order valence-corrected chi connectivity index (χ1v) is 6.97. The quantitative estimate of drug-likeness (QED) is 0.579. The molecule has 0 spiro atoms. The van der Waals surface area contributed by atoms with Crippen LogP contribution in [-0.2, 0) is 10.0 Å². The SMILES string of the molecule is CCNCCS(=O)(=O)NCCC1CC1. The van der Waals surface area contributed by atoms with Crippen LogP contribution in [-0.4, -0.2) is 33.8 Å². The molecule has 0 aromatic rings. The number of rotatable bonds is 8. The molecule has 1 fully saturated rings. The molecule has 0 radical (unpaired) electrons. The molecule has 2 N–H and O–H groups in total. The van der Waals surface area contributed by atoms with Crippen LogP contribution in [0.4, 0.5) is 0 Å². The van der Waals surface area contributed by atoms with Gasteiger partial charge in [0.1, 0.15) is 0 Å². The average molecular weight is 220 g/mol. The monoisotopic (exact) mass is 220 g/mol. The van der Waals surface area contributed by atoms with E-state index in [1.807, 2.05) is 6.92 Å². The van der Waals surface area contributed by atoms with Gasteiger partial charge < -0.3 is 5.32 Å². The molecular formula is C9H20N2O2S. The van der Waals surface area contributed by atoms with Gasteiger partial charge >= 0.3 is 0 Å². The number of hydrogen-bond donors (Lipinski definition) is 2. The van der Waals surface area contributed by atoms with Crippen molar-refractivity contribution in [2.45, 2.75) is 26.2 Å². The van der Waals surface area contributed by atoms with Crippen LogP contribution in [0.2, 0.25) is 0 Å². The summed E-state index contributed by atoms with van der Waals surface area (Å²) >= 11 is 0. The normalized spacial score (nSPS) is 17.2. The first kappa shape index (κ1) is 11.9. The molecule has 84 valence electrons. The molecule has 4 nitrogen and oxygen atoms in total. The zero-order chi connectivity index (χ0) is 10.4. The van der Waals surface area contributed by atoms with Crippen LogP contribution in [0, 0.1) is 5.92 Å². The van der Waals surface area contributed by atoms with Crippen LogP contribution in [0.15, 0.2) is 0 Å². The third-order valence-corrected chi connectivity index (χ3v) is 3.75. The van der Waals surface area contributed by atoms with Crippen molar-refractivity contribution in [3.8, 4) is 0 Å². The van der Waals surface area contributed by atoms with Crippen LogP contribution >= 0.6 is 0 Å². The molecule has 0 heterocycles. The Kier molecular flexibility index (Phi) is 4.84. The Hall–Kier alpha value is -0.130. The van der Waals surface area contributed by atoms with Gasteiger partial charge in [-0.1, -0.05) is 19.8 Å². The zero-order valence-corrected chi connectivity index (χ0v) is 9.57. The lowest BCUT2D eigenvalue weighted by Gasteiger charge is -2.06. The van der Waals surface area contributed by atoms with Crippen LogP contribution < -0.4 is 10.0 Å². The van der Waals surface area contributed by atoms with Gasteiger partial charge in [-0.15, -0.1) is 0 Å². The van der Waals surface area contributed by atoms with Gasteiger partial charge in [-0.05, 0) is 18.9 Å². The lowest BCUT2D eigenvalue weighted by atomic mass is 10.3. The Morgan fingerprint density at radius 1 is 1.29 bits per heavy atom. The van der Waals surface area contributed by atoms with Crippen molar-refractivity contribution in [1.29, 1.82) is 0 Å². The Bertz CT molecular complexity index is 248. The number of hydrogen-bond acceptors (Lipinski definition) is 3. The maximum absolute atomic E-state index is 11.4. The van der Waals surface area contributed by atoms with Crippen molar-refractivity contribution < 1.29 is 8.42 Å². The van der Waals surface area contributed by atoms with E-state index in [0.717, 1.165) is 18.9 Å². The van der Waals surface area contributed by atoms with Crippen LogP contribution in [0.25, 0.3) is 0 Å². The van der Waals surface area contributed by atoms with E-state index in [2.05, 4.69) is 10.0 Å². The van der Waals surface area contributed by atoms with E-state index in [4.69, 9.17) is 0 Å². The average Bonchev–Trinajstić information content (AvgIpc) is 2.88. The van der Waals surface area contributed by atoms with E-state index in [9.17, 15) is 8.42 Å². The van der Waals surface area contributed by atoms with E-state index in [-0.39, 0.29) is 5.75 Å². The molecular weight excluding hydrogens is 200 g/mol. The molecule has 1 aliphatic carbocycles. The Labute approximate surface area is 86.5 Å². The van der Waals surface area contributed by atoms with Crippen molar-refractivity contribution in [3.05, 3.63) is 0 Å². The van der Waals surface area contributed by atoms with Crippen LogP contribution in [0.5, 0.6) is 0 Å². The lowest BCUT2D eigenvalue weighted by Crippen LogP contribution is -2.32. The van der Waals surface area contributed by atoms with E-state index in [1.165, 1.54) is 12.8 Å².